The van der Waals surface area contributed by atoms with Gasteiger partial charge in [0.25, 0.3) is 11.6 Å². The van der Waals surface area contributed by atoms with Crippen molar-refractivity contribution in [3.8, 4) is 0 Å². The molecule has 7 heteroatoms. The van der Waals surface area contributed by atoms with E-state index in [1.165, 1.54) is 18.2 Å². The Balaban J connectivity index is 3.09. The molecule has 1 unspecified atom stereocenters. The van der Waals surface area contributed by atoms with E-state index in [2.05, 4.69) is 5.32 Å². The molecule has 1 aromatic carbocycles. The van der Waals surface area contributed by atoms with Crippen molar-refractivity contribution in [2.24, 2.45) is 0 Å². The van der Waals surface area contributed by atoms with Crippen LogP contribution in [0.4, 0.5) is 11.4 Å². The van der Waals surface area contributed by atoms with Crippen LogP contribution in [-0.2, 0) is 0 Å². The fourth-order valence-electron chi connectivity index (χ4n) is 1.89. The normalized spacial score (nSPS) is 11.8. The largest absolute Gasteiger partial charge is 0.393 e. The summed E-state index contributed by atoms with van der Waals surface area (Å²) in [5.41, 5.74) is 0.682. The number of nitrogens with zero attached hydrogens (tertiary/aromatic N) is 2. The van der Waals surface area contributed by atoms with E-state index in [4.69, 9.17) is 0 Å². The molecule has 0 aliphatic heterocycles. The standard InChI is InChI=1S/C14H21N3O4/c1-4-15-14(19)11-5-6-12(17(20)21)13(9-11)16(3)8-7-10(2)18/h5-6,9-10,18H,4,7-8H2,1-3H3,(H,15,19). The smallest absolute Gasteiger partial charge is 0.292 e. The second-order valence-electron chi connectivity index (χ2n) is 4.88. The van der Waals surface area contributed by atoms with Gasteiger partial charge in [-0.05, 0) is 32.4 Å². The Morgan fingerprint density at radius 2 is 2.19 bits per heavy atom. The highest BCUT2D eigenvalue weighted by atomic mass is 16.6. The summed E-state index contributed by atoms with van der Waals surface area (Å²) in [6.45, 7) is 4.41. The van der Waals surface area contributed by atoms with Gasteiger partial charge in [0.1, 0.15) is 5.69 Å². The van der Waals surface area contributed by atoms with Gasteiger partial charge in [-0.2, -0.15) is 0 Å². The zero-order chi connectivity index (χ0) is 16.0. The first-order chi connectivity index (χ1) is 9.86. The quantitative estimate of drug-likeness (QED) is 0.588. The van der Waals surface area contributed by atoms with Gasteiger partial charge in [0.15, 0.2) is 0 Å². The molecule has 2 N–H and O–H groups in total. The van der Waals surface area contributed by atoms with Gasteiger partial charge in [-0.25, -0.2) is 0 Å². The molecule has 1 rings (SSSR count). The van der Waals surface area contributed by atoms with Crippen molar-refractivity contribution in [1.82, 2.24) is 5.32 Å². The van der Waals surface area contributed by atoms with Crippen molar-refractivity contribution in [3.05, 3.63) is 33.9 Å². The highest BCUT2D eigenvalue weighted by molar-refractivity contribution is 5.95. The van der Waals surface area contributed by atoms with Gasteiger partial charge >= 0.3 is 0 Å². The number of anilines is 1. The molecule has 0 aliphatic rings. The first-order valence-electron chi connectivity index (χ1n) is 6.82. The summed E-state index contributed by atoms with van der Waals surface area (Å²) in [6.07, 6.45) is -0.00273. The number of nitro benzene ring substituents is 1. The number of nitro groups is 1. The van der Waals surface area contributed by atoms with E-state index in [0.29, 0.717) is 30.8 Å². The summed E-state index contributed by atoms with van der Waals surface area (Å²) >= 11 is 0. The van der Waals surface area contributed by atoms with E-state index in [-0.39, 0.29) is 11.6 Å². The summed E-state index contributed by atoms with van der Waals surface area (Å²) < 4.78 is 0. The fourth-order valence-corrected chi connectivity index (χ4v) is 1.89. The van der Waals surface area contributed by atoms with Crippen LogP contribution in [-0.4, -0.2) is 42.2 Å². The van der Waals surface area contributed by atoms with Crippen molar-refractivity contribution in [2.45, 2.75) is 26.4 Å². The van der Waals surface area contributed by atoms with E-state index in [1.54, 1.807) is 25.8 Å². The predicted octanol–water partition coefficient (Wildman–Crippen LogP) is 1.55. The monoisotopic (exact) mass is 295 g/mol. The fraction of sp³-hybridized carbons (Fsp3) is 0.500. The Bertz CT molecular complexity index is 517. The average Bonchev–Trinajstić information content (AvgIpc) is 2.44. The van der Waals surface area contributed by atoms with Crippen LogP contribution in [0, 0.1) is 10.1 Å². The summed E-state index contributed by atoms with van der Waals surface area (Å²) in [6, 6.07) is 4.28. The van der Waals surface area contributed by atoms with Gasteiger partial charge < -0.3 is 15.3 Å². The average molecular weight is 295 g/mol. The number of aliphatic hydroxyl groups is 1. The van der Waals surface area contributed by atoms with Gasteiger partial charge in [-0.3, -0.25) is 14.9 Å². The van der Waals surface area contributed by atoms with Crippen molar-refractivity contribution in [1.29, 1.82) is 0 Å². The maximum absolute atomic E-state index is 11.8. The molecule has 0 spiro atoms. The minimum absolute atomic E-state index is 0.0591. The van der Waals surface area contributed by atoms with Crippen molar-refractivity contribution in [3.63, 3.8) is 0 Å². The number of hydrogen-bond donors (Lipinski definition) is 2. The number of benzene rings is 1. The highest BCUT2D eigenvalue weighted by Gasteiger charge is 2.19. The van der Waals surface area contributed by atoms with Crippen LogP contribution in [0.15, 0.2) is 18.2 Å². The van der Waals surface area contributed by atoms with Crippen molar-refractivity contribution < 1.29 is 14.8 Å². The van der Waals surface area contributed by atoms with E-state index in [1.807, 2.05) is 0 Å². The first kappa shape index (κ1) is 16.9. The number of aliphatic hydroxyl groups excluding tert-OH is 1. The molecule has 0 saturated heterocycles. The molecule has 0 bridgehead atoms. The third kappa shape index (κ3) is 4.71. The lowest BCUT2D eigenvalue weighted by atomic mass is 10.1. The zero-order valence-corrected chi connectivity index (χ0v) is 12.5. The van der Waals surface area contributed by atoms with Crippen LogP contribution in [0.2, 0.25) is 0 Å². The lowest BCUT2D eigenvalue weighted by molar-refractivity contribution is -0.384. The third-order valence-corrected chi connectivity index (χ3v) is 3.07. The molecule has 1 amide bonds. The summed E-state index contributed by atoms with van der Waals surface area (Å²) in [5, 5.41) is 23.1. The molecule has 1 aromatic rings. The Morgan fingerprint density at radius 3 is 2.71 bits per heavy atom. The molecule has 0 heterocycles. The second-order valence-corrected chi connectivity index (χ2v) is 4.88. The second kappa shape index (κ2) is 7.58. The van der Waals surface area contributed by atoms with Crippen molar-refractivity contribution >= 4 is 17.3 Å². The Hall–Kier alpha value is -2.15. The molecule has 21 heavy (non-hydrogen) atoms. The summed E-state index contributed by atoms with van der Waals surface area (Å²) in [7, 11) is 1.70. The van der Waals surface area contributed by atoms with Crippen LogP contribution >= 0.6 is 0 Å². The van der Waals surface area contributed by atoms with Crippen LogP contribution in [0.5, 0.6) is 0 Å². The number of carbonyl (C=O) groups is 1. The van der Waals surface area contributed by atoms with E-state index < -0.39 is 11.0 Å². The molecular weight excluding hydrogens is 274 g/mol. The van der Waals surface area contributed by atoms with Gasteiger partial charge in [0.05, 0.1) is 11.0 Å². The molecule has 0 aliphatic carbocycles. The molecule has 1 atom stereocenters. The number of carbonyl (C=O) groups excluding carboxylic acids is 1. The van der Waals surface area contributed by atoms with Gasteiger partial charge in [0, 0.05) is 31.8 Å². The van der Waals surface area contributed by atoms with Crippen LogP contribution in [0.1, 0.15) is 30.6 Å². The Kier molecular flexibility index (Phi) is 6.10. The summed E-state index contributed by atoms with van der Waals surface area (Å²) in [5.74, 6) is -0.266. The number of hydrogen-bond acceptors (Lipinski definition) is 5. The molecule has 0 aromatic heterocycles. The van der Waals surface area contributed by atoms with Crippen LogP contribution in [0.3, 0.4) is 0 Å². The lowest BCUT2D eigenvalue weighted by Gasteiger charge is -2.20. The van der Waals surface area contributed by atoms with Gasteiger partial charge in [-0.15, -0.1) is 0 Å². The van der Waals surface area contributed by atoms with Gasteiger partial charge in [0.2, 0.25) is 0 Å². The molecule has 0 radical (unpaired) electrons. The molecule has 0 fully saturated rings. The topological polar surface area (TPSA) is 95.7 Å². The number of amides is 1. The maximum Gasteiger partial charge on any atom is 0.292 e. The summed E-state index contributed by atoms with van der Waals surface area (Å²) in [4.78, 5) is 24.1. The van der Waals surface area contributed by atoms with Crippen molar-refractivity contribution in [2.75, 3.05) is 25.0 Å². The molecule has 116 valence electrons. The minimum atomic E-state index is -0.488. The molecule has 7 nitrogen and oxygen atoms in total. The Morgan fingerprint density at radius 1 is 1.52 bits per heavy atom. The van der Waals surface area contributed by atoms with E-state index in [0.717, 1.165) is 0 Å². The van der Waals surface area contributed by atoms with E-state index >= 15 is 0 Å². The molecular formula is C14H21N3O4. The highest BCUT2D eigenvalue weighted by Crippen LogP contribution is 2.28. The van der Waals surface area contributed by atoms with E-state index in [9.17, 15) is 20.0 Å². The predicted molar refractivity (Wildman–Crippen MR) is 80.7 cm³/mol. The first-order valence-corrected chi connectivity index (χ1v) is 6.82. The zero-order valence-electron chi connectivity index (χ0n) is 12.5. The lowest BCUT2D eigenvalue weighted by Crippen LogP contribution is -2.25. The molecule has 0 saturated carbocycles. The SMILES string of the molecule is CCNC(=O)c1ccc([N+](=O)[O-])c(N(C)CCC(C)O)c1. The number of nitrogens with one attached hydrogen (secondary N) is 1. The van der Waals surface area contributed by atoms with Gasteiger partial charge in [-0.1, -0.05) is 0 Å². The van der Waals surface area contributed by atoms with Crippen LogP contribution < -0.4 is 10.2 Å². The minimum Gasteiger partial charge on any atom is -0.393 e. The van der Waals surface area contributed by atoms with Crippen LogP contribution in [0.25, 0.3) is 0 Å². The maximum atomic E-state index is 11.8. The Labute approximate surface area is 123 Å². The third-order valence-electron chi connectivity index (χ3n) is 3.07. The number of rotatable bonds is 7.